The molecule has 0 amide bonds. The van der Waals surface area contributed by atoms with Crippen molar-refractivity contribution in [2.45, 2.75) is 44.8 Å². The third-order valence-electron chi connectivity index (χ3n) is 2.13. The largest absolute Gasteiger partial charge is 0.391 e. The molecule has 2 unspecified atom stereocenters. The zero-order valence-corrected chi connectivity index (χ0v) is 6.58. The van der Waals surface area contributed by atoms with E-state index in [4.69, 9.17) is 0 Å². The van der Waals surface area contributed by atoms with Crippen LogP contribution in [-0.2, 0) is 0 Å². The van der Waals surface area contributed by atoms with Crippen molar-refractivity contribution in [2.24, 2.45) is 0 Å². The van der Waals surface area contributed by atoms with Gasteiger partial charge in [-0.25, -0.2) is 5.32 Å². The van der Waals surface area contributed by atoms with Crippen LogP contribution in [0.15, 0.2) is 0 Å². The molecule has 0 aliphatic carbocycles. The minimum absolute atomic E-state index is 0.180. The van der Waals surface area contributed by atoms with Gasteiger partial charge in [0.2, 0.25) is 0 Å². The second-order valence-corrected chi connectivity index (χ2v) is 2.94. The Kier molecular flexibility index (Phi) is 3.16. The third-order valence-corrected chi connectivity index (χ3v) is 2.13. The standard InChI is InChI=1S/C8H16NO/c1-2-8(10)7-5-3-4-6-9-7/h7-8,10H,2-6H2,1H3. The number of hydrogen-bond acceptors (Lipinski definition) is 1. The van der Waals surface area contributed by atoms with Gasteiger partial charge >= 0.3 is 0 Å². The number of aliphatic hydroxyl groups excluding tert-OH is 1. The molecule has 0 saturated carbocycles. The summed E-state index contributed by atoms with van der Waals surface area (Å²) in [5.41, 5.74) is 0. The number of nitrogens with zero attached hydrogens (tertiary/aromatic N) is 1. The first-order valence-corrected chi connectivity index (χ1v) is 4.19. The second-order valence-electron chi connectivity index (χ2n) is 2.94. The highest BCUT2D eigenvalue weighted by molar-refractivity contribution is 4.77. The number of rotatable bonds is 2. The van der Waals surface area contributed by atoms with Crippen molar-refractivity contribution in [2.75, 3.05) is 6.54 Å². The lowest BCUT2D eigenvalue weighted by molar-refractivity contribution is 0.107. The predicted molar refractivity (Wildman–Crippen MR) is 40.9 cm³/mol. The fraction of sp³-hybridized carbons (Fsp3) is 1.00. The lowest BCUT2D eigenvalue weighted by atomic mass is 9.99. The zero-order chi connectivity index (χ0) is 7.40. The van der Waals surface area contributed by atoms with Gasteiger partial charge in [-0.2, -0.15) is 0 Å². The summed E-state index contributed by atoms with van der Waals surface area (Å²) >= 11 is 0. The molecule has 0 aromatic rings. The molecule has 1 radical (unpaired) electrons. The SMILES string of the molecule is CCC(O)C1CCCC[N]1. The molecular formula is C8H16NO. The molecule has 1 saturated heterocycles. The van der Waals surface area contributed by atoms with Crippen molar-refractivity contribution in [3.8, 4) is 0 Å². The van der Waals surface area contributed by atoms with E-state index in [1.165, 1.54) is 12.8 Å². The zero-order valence-electron chi connectivity index (χ0n) is 6.58. The van der Waals surface area contributed by atoms with Gasteiger partial charge in [-0.1, -0.05) is 13.3 Å². The maximum absolute atomic E-state index is 9.39. The summed E-state index contributed by atoms with van der Waals surface area (Å²) < 4.78 is 0. The van der Waals surface area contributed by atoms with Crippen molar-refractivity contribution >= 4 is 0 Å². The van der Waals surface area contributed by atoms with Gasteiger partial charge < -0.3 is 5.11 Å². The van der Waals surface area contributed by atoms with Crippen LogP contribution in [0.25, 0.3) is 0 Å². The molecule has 1 rings (SSSR count). The van der Waals surface area contributed by atoms with E-state index in [1.807, 2.05) is 6.92 Å². The Morgan fingerprint density at radius 1 is 1.60 bits per heavy atom. The summed E-state index contributed by atoms with van der Waals surface area (Å²) in [5, 5.41) is 13.7. The summed E-state index contributed by atoms with van der Waals surface area (Å²) in [4.78, 5) is 0. The summed E-state index contributed by atoms with van der Waals surface area (Å²) in [6, 6.07) is 0.249. The van der Waals surface area contributed by atoms with E-state index >= 15 is 0 Å². The minimum Gasteiger partial charge on any atom is -0.391 e. The first-order valence-electron chi connectivity index (χ1n) is 4.19. The fourth-order valence-corrected chi connectivity index (χ4v) is 1.40. The monoisotopic (exact) mass is 142 g/mol. The van der Waals surface area contributed by atoms with Gasteiger partial charge in [0.1, 0.15) is 0 Å². The van der Waals surface area contributed by atoms with Crippen LogP contribution in [0.1, 0.15) is 32.6 Å². The molecule has 0 aromatic carbocycles. The van der Waals surface area contributed by atoms with Gasteiger partial charge in [-0.15, -0.1) is 0 Å². The molecular weight excluding hydrogens is 126 g/mol. The van der Waals surface area contributed by atoms with E-state index in [0.29, 0.717) is 0 Å². The smallest absolute Gasteiger partial charge is 0.0706 e. The maximum Gasteiger partial charge on any atom is 0.0706 e. The first kappa shape index (κ1) is 8.02. The Labute approximate surface area is 62.6 Å². The molecule has 2 atom stereocenters. The molecule has 59 valence electrons. The number of hydrogen-bond donors (Lipinski definition) is 1. The average Bonchev–Trinajstić information content (AvgIpc) is 2.05. The molecule has 2 heteroatoms. The Hall–Kier alpha value is -0.0800. The topological polar surface area (TPSA) is 34.3 Å². The average molecular weight is 142 g/mol. The van der Waals surface area contributed by atoms with Gasteiger partial charge in [0, 0.05) is 6.54 Å². The summed E-state index contributed by atoms with van der Waals surface area (Å²) in [7, 11) is 0. The van der Waals surface area contributed by atoms with E-state index in [-0.39, 0.29) is 12.1 Å². The summed E-state index contributed by atoms with van der Waals surface area (Å²) in [6.45, 7) is 2.97. The Morgan fingerprint density at radius 3 is 2.90 bits per heavy atom. The minimum atomic E-state index is -0.180. The van der Waals surface area contributed by atoms with Gasteiger partial charge in [0.05, 0.1) is 12.1 Å². The van der Waals surface area contributed by atoms with Crippen molar-refractivity contribution in [1.82, 2.24) is 5.32 Å². The quantitative estimate of drug-likeness (QED) is 0.611. The van der Waals surface area contributed by atoms with E-state index in [0.717, 1.165) is 19.4 Å². The highest BCUT2D eigenvalue weighted by Gasteiger charge is 2.20. The van der Waals surface area contributed by atoms with E-state index in [2.05, 4.69) is 5.32 Å². The van der Waals surface area contributed by atoms with Gasteiger partial charge in [-0.05, 0) is 19.3 Å². The van der Waals surface area contributed by atoms with E-state index < -0.39 is 0 Å². The van der Waals surface area contributed by atoms with Crippen LogP contribution in [0.4, 0.5) is 0 Å². The van der Waals surface area contributed by atoms with E-state index in [9.17, 15) is 5.11 Å². The van der Waals surface area contributed by atoms with Crippen LogP contribution >= 0.6 is 0 Å². The van der Waals surface area contributed by atoms with Crippen molar-refractivity contribution < 1.29 is 5.11 Å². The molecule has 0 spiro atoms. The summed E-state index contributed by atoms with van der Waals surface area (Å²) in [6.07, 6.45) is 4.21. The van der Waals surface area contributed by atoms with Crippen LogP contribution in [0.2, 0.25) is 0 Å². The van der Waals surface area contributed by atoms with Crippen molar-refractivity contribution in [3.05, 3.63) is 0 Å². The lowest BCUT2D eigenvalue weighted by Crippen LogP contribution is -2.37. The molecule has 0 aromatic heterocycles. The first-order chi connectivity index (χ1) is 4.84. The molecule has 1 fully saturated rings. The molecule has 1 N–H and O–H groups in total. The molecule has 1 heterocycles. The van der Waals surface area contributed by atoms with Crippen molar-refractivity contribution in [3.63, 3.8) is 0 Å². The van der Waals surface area contributed by atoms with Crippen LogP contribution in [0.3, 0.4) is 0 Å². The lowest BCUT2D eigenvalue weighted by Gasteiger charge is -2.25. The second kappa shape index (κ2) is 3.94. The molecule has 1 aliphatic rings. The highest BCUT2D eigenvalue weighted by atomic mass is 16.3. The maximum atomic E-state index is 9.39. The van der Waals surface area contributed by atoms with Crippen LogP contribution in [0, 0.1) is 0 Å². The highest BCUT2D eigenvalue weighted by Crippen LogP contribution is 2.13. The Bertz CT molecular complexity index is 89.3. The molecule has 1 aliphatic heterocycles. The number of aliphatic hydroxyl groups is 1. The molecule has 10 heavy (non-hydrogen) atoms. The van der Waals surface area contributed by atoms with Crippen molar-refractivity contribution in [1.29, 1.82) is 0 Å². The van der Waals surface area contributed by atoms with Crippen LogP contribution in [0.5, 0.6) is 0 Å². The van der Waals surface area contributed by atoms with Crippen LogP contribution < -0.4 is 5.32 Å². The summed E-state index contributed by atoms with van der Waals surface area (Å²) in [5.74, 6) is 0. The number of piperidine rings is 1. The normalized spacial score (nSPS) is 30.0. The van der Waals surface area contributed by atoms with Gasteiger partial charge in [0.25, 0.3) is 0 Å². The fourth-order valence-electron chi connectivity index (χ4n) is 1.40. The molecule has 0 bridgehead atoms. The molecule has 2 nitrogen and oxygen atoms in total. The Balaban J connectivity index is 2.24. The third kappa shape index (κ3) is 1.96. The van der Waals surface area contributed by atoms with E-state index in [1.54, 1.807) is 0 Å². The Morgan fingerprint density at radius 2 is 2.40 bits per heavy atom. The van der Waals surface area contributed by atoms with Crippen LogP contribution in [-0.4, -0.2) is 23.8 Å². The predicted octanol–water partition coefficient (Wildman–Crippen LogP) is 0.914. The van der Waals surface area contributed by atoms with Gasteiger partial charge in [0.15, 0.2) is 0 Å². The van der Waals surface area contributed by atoms with Gasteiger partial charge in [-0.3, -0.25) is 0 Å².